The molecule has 1 aliphatic heterocycles. The lowest BCUT2D eigenvalue weighted by Crippen LogP contribution is -2.44. The maximum atomic E-state index is 12.9. The predicted molar refractivity (Wildman–Crippen MR) is 91.0 cm³/mol. The van der Waals surface area contributed by atoms with Gasteiger partial charge in [0.2, 0.25) is 0 Å². The number of nitrogens with zero attached hydrogens (tertiary/aromatic N) is 2. The zero-order chi connectivity index (χ0) is 16.9. The summed E-state index contributed by atoms with van der Waals surface area (Å²) in [6.45, 7) is 2.75. The molecule has 1 aromatic heterocycles. The number of benzene rings is 1. The number of hydrogen-bond acceptors (Lipinski definition) is 4. The Morgan fingerprint density at radius 2 is 2.12 bits per heavy atom. The molecule has 0 aliphatic carbocycles. The fourth-order valence-corrected chi connectivity index (χ4v) is 3.40. The number of aryl methyl sites for hydroxylation is 2. The highest BCUT2D eigenvalue weighted by Crippen LogP contribution is 2.24. The van der Waals surface area contributed by atoms with Gasteiger partial charge in [0.05, 0.1) is 0 Å². The van der Waals surface area contributed by atoms with Crippen LogP contribution in [0.25, 0.3) is 0 Å². The Hall–Kier alpha value is -2.30. The molecule has 3 rings (SSSR count). The fraction of sp³-hybridized carbons (Fsp3) is 0.474. The number of rotatable bonds is 5. The Morgan fingerprint density at radius 3 is 2.88 bits per heavy atom. The number of phenols is 1. The first kappa shape index (κ1) is 16.6. The van der Waals surface area contributed by atoms with E-state index in [2.05, 4.69) is 4.98 Å². The van der Waals surface area contributed by atoms with Crippen molar-refractivity contribution < 1.29 is 14.3 Å². The molecule has 1 aliphatic rings. The van der Waals surface area contributed by atoms with E-state index in [0.29, 0.717) is 17.9 Å². The second-order valence-electron chi connectivity index (χ2n) is 6.33. The molecule has 1 aromatic carbocycles. The first-order chi connectivity index (χ1) is 11.7. The van der Waals surface area contributed by atoms with E-state index in [1.165, 1.54) is 12.0 Å². The summed E-state index contributed by atoms with van der Waals surface area (Å²) in [4.78, 5) is 19.0. The van der Waals surface area contributed by atoms with Gasteiger partial charge in [0.15, 0.2) is 12.1 Å². The van der Waals surface area contributed by atoms with Crippen LogP contribution in [0.4, 0.5) is 0 Å². The Kier molecular flexibility index (Phi) is 5.18. The van der Waals surface area contributed by atoms with Crippen molar-refractivity contribution in [3.63, 3.8) is 0 Å². The highest BCUT2D eigenvalue weighted by atomic mass is 16.3. The van der Waals surface area contributed by atoms with Gasteiger partial charge in [-0.25, -0.2) is 4.98 Å². The van der Waals surface area contributed by atoms with Gasteiger partial charge in [-0.3, -0.25) is 4.79 Å². The third kappa shape index (κ3) is 3.61. The Bertz CT molecular complexity index is 678. The largest absolute Gasteiger partial charge is 0.508 e. The topological polar surface area (TPSA) is 66.6 Å². The number of hydrogen-bond donors (Lipinski definition) is 1. The van der Waals surface area contributed by atoms with Crippen LogP contribution < -0.4 is 0 Å². The Labute approximate surface area is 142 Å². The van der Waals surface area contributed by atoms with Crippen LogP contribution in [-0.4, -0.2) is 33.5 Å². The molecule has 1 fully saturated rings. The number of piperidine rings is 1. The molecule has 1 amide bonds. The van der Waals surface area contributed by atoms with Crippen molar-refractivity contribution in [2.24, 2.45) is 0 Å². The van der Waals surface area contributed by atoms with Crippen molar-refractivity contribution in [3.8, 4) is 5.75 Å². The monoisotopic (exact) mass is 328 g/mol. The number of likely N-dealkylation sites (tertiary alicyclic amines) is 1. The molecule has 0 saturated carbocycles. The Morgan fingerprint density at radius 1 is 1.33 bits per heavy atom. The van der Waals surface area contributed by atoms with Gasteiger partial charge in [0.25, 0.3) is 5.91 Å². The third-order valence-corrected chi connectivity index (χ3v) is 4.76. The van der Waals surface area contributed by atoms with Crippen LogP contribution in [-0.2, 0) is 12.8 Å². The molecule has 2 heterocycles. The van der Waals surface area contributed by atoms with Crippen molar-refractivity contribution in [2.45, 2.75) is 51.5 Å². The van der Waals surface area contributed by atoms with Crippen LogP contribution in [0.2, 0.25) is 0 Å². The highest BCUT2D eigenvalue weighted by Gasteiger charge is 2.30. The molecular weight excluding hydrogens is 304 g/mol. The maximum Gasteiger partial charge on any atom is 0.276 e. The van der Waals surface area contributed by atoms with E-state index in [0.717, 1.165) is 38.6 Å². The van der Waals surface area contributed by atoms with E-state index in [9.17, 15) is 9.90 Å². The Balaban J connectivity index is 1.69. The normalized spacial score (nSPS) is 17.9. The molecule has 128 valence electrons. The summed E-state index contributed by atoms with van der Waals surface area (Å²) in [6.07, 6.45) is 7.09. The van der Waals surface area contributed by atoms with Gasteiger partial charge in [-0.15, -0.1) is 0 Å². The average molecular weight is 328 g/mol. The standard InChI is InChI=1S/C19H24N2O3/c1-2-17-18(20-13-24-17)19(23)21-12-4-3-5-15(21)9-6-14-7-10-16(22)11-8-14/h7-8,10-11,13,15,22H,2-6,9,12H2,1H3/t15-/m0/s1. The number of phenolic OH excluding ortho intramolecular Hbond substituents is 1. The second-order valence-corrected chi connectivity index (χ2v) is 6.33. The molecular formula is C19H24N2O3. The number of oxazole rings is 1. The molecule has 1 atom stereocenters. The number of aromatic hydroxyl groups is 1. The van der Waals surface area contributed by atoms with Crippen LogP contribution in [0.1, 0.15) is 54.4 Å². The quantitative estimate of drug-likeness (QED) is 0.911. The lowest BCUT2D eigenvalue weighted by Gasteiger charge is -2.35. The molecule has 1 saturated heterocycles. The summed E-state index contributed by atoms with van der Waals surface area (Å²) in [6, 6.07) is 7.54. The molecule has 0 spiro atoms. The van der Waals surface area contributed by atoms with E-state index >= 15 is 0 Å². The number of carbonyl (C=O) groups excluding carboxylic acids is 1. The van der Waals surface area contributed by atoms with Crippen LogP contribution in [0.3, 0.4) is 0 Å². The summed E-state index contributed by atoms with van der Waals surface area (Å²) < 4.78 is 5.32. The summed E-state index contributed by atoms with van der Waals surface area (Å²) in [5.74, 6) is 0.949. The summed E-state index contributed by atoms with van der Waals surface area (Å²) >= 11 is 0. The van der Waals surface area contributed by atoms with E-state index in [1.807, 2.05) is 24.0 Å². The zero-order valence-corrected chi connectivity index (χ0v) is 14.1. The molecule has 24 heavy (non-hydrogen) atoms. The van der Waals surface area contributed by atoms with Crippen LogP contribution in [0, 0.1) is 0 Å². The summed E-state index contributed by atoms with van der Waals surface area (Å²) in [5.41, 5.74) is 1.65. The second kappa shape index (κ2) is 7.51. The molecule has 0 bridgehead atoms. The molecule has 0 unspecified atom stereocenters. The lowest BCUT2D eigenvalue weighted by atomic mass is 9.95. The van der Waals surface area contributed by atoms with Crippen molar-refractivity contribution in [3.05, 3.63) is 47.7 Å². The number of aromatic nitrogens is 1. The van der Waals surface area contributed by atoms with Crippen molar-refractivity contribution >= 4 is 5.91 Å². The van der Waals surface area contributed by atoms with Gasteiger partial charge in [-0.1, -0.05) is 19.1 Å². The number of carbonyl (C=O) groups is 1. The van der Waals surface area contributed by atoms with Crippen LogP contribution >= 0.6 is 0 Å². The van der Waals surface area contributed by atoms with Gasteiger partial charge in [-0.2, -0.15) is 0 Å². The van der Waals surface area contributed by atoms with Crippen LogP contribution in [0.5, 0.6) is 5.75 Å². The SMILES string of the molecule is CCc1ocnc1C(=O)N1CCCC[C@H]1CCc1ccc(O)cc1. The molecule has 5 nitrogen and oxygen atoms in total. The maximum absolute atomic E-state index is 12.9. The minimum Gasteiger partial charge on any atom is -0.508 e. The molecule has 0 radical (unpaired) electrons. The smallest absolute Gasteiger partial charge is 0.276 e. The van der Waals surface area contributed by atoms with Crippen molar-refractivity contribution in [1.82, 2.24) is 9.88 Å². The van der Waals surface area contributed by atoms with Gasteiger partial charge < -0.3 is 14.4 Å². The average Bonchev–Trinajstić information content (AvgIpc) is 3.09. The zero-order valence-electron chi connectivity index (χ0n) is 14.1. The molecule has 2 aromatic rings. The predicted octanol–water partition coefficient (Wildman–Crippen LogP) is 3.57. The fourth-order valence-electron chi connectivity index (χ4n) is 3.40. The first-order valence-corrected chi connectivity index (χ1v) is 8.70. The lowest BCUT2D eigenvalue weighted by molar-refractivity contribution is 0.0594. The minimum atomic E-state index is -0.00370. The summed E-state index contributed by atoms with van der Waals surface area (Å²) in [5, 5.41) is 9.37. The van der Waals surface area contributed by atoms with Crippen molar-refractivity contribution in [2.75, 3.05) is 6.54 Å². The van der Waals surface area contributed by atoms with Gasteiger partial charge in [-0.05, 0) is 49.8 Å². The van der Waals surface area contributed by atoms with Gasteiger partial charge in [0.1, 0.15) is 11.5 Å². The molecule has 1 N–H and O–H groups in total. The minimum absolute atomic E-state index is 0.00370. The van der Waals surface area contributed by atoms with E-state index in [4.69, 9.17) is 4.42 Å². The molecule has 5 heteroatoms. The van der Waals surface area contributed by atoms with Crippen molar-refractivity contribution in [1.29, 1.82) is 0 Å². The summed E-state index contributed by atoms with van der Waals surface area (Å²) in [7, 11) is 0. The van der Waals surface area contributed by atoms with E-state index < -0.39 is 0 Å². The van der Waals surface area contributed by atoms with E-state index in [1.54, 1.807) is 12.1 Å². The van der Waals surface area contributed by atoms with E-state index in [-0.39, 0.29) is 17.7 Å². The first-order valence-electron chi connectivity index (χ1n) is 8.70. The van der Waals surface area contributed by atoms with Gasteiger partial charge in [0, 0.05) is 19.0 Å². The third-order valence-electron chi connectivity index (χ3n) is 4.76. The van der Waals surface area contributed by atoms with Crippen LogP contribution in [0.15, 0.2) is 35.1 Å². The highest BCUT2D eigenvalue weighted by molar-refractivity contribution is 5.93. The number of amides is 1. The van der Waals surface area contributed by atoms with Gasteiger partial charge >= 0.3 is 0 Å².